The number of aliphatic hydroxyl groups is 11. The van der Waals surface area contributed by atoms with Gasteiger partial charge >= 0.3 is 5.97 Å². The number of rotatable bonds is 41. The van der Waals surface area contributed by atoms with Crippen molar-refractivity contribution >= 4 is 17.8 Å². The molecule has 0 radical (unpaired) electrons. The third kappa shape index (κ3) is 23.0. The van der Waals surface area contributed by atoms with Crippen LogP contribution >= 0.6 is 0 Å². The molecule has 0 aromatic rings. The van der Waals surface area contributed by atoms with Crippen LogP contribution in [0.15, 0.2) is 12.2 Å². The summed E-state index contributed by atoms with van der Waals surface area (Å²) in [5.74, 6) is -6.14. The highest BCUT2D eigenvalue weighted by Crippen LogP contribution is 2.38. The van der Waals surface area contributed by atoms with Crippen molar-refractivity contribution in [1.82, 2.24) is 10.6 Å². The standard InChI is InChI=1S/C55H100N2O21/c1-4-6-8-10-12-14-16-18-20-22-24-26-28-37(62)36(57-42(65)29-27-25-23-21-19-17-15-13-11-9-7-5-2)34-73-52-47(69)46(68)49(41(33-60)75-52)76-53-48(70)51(45(67)40(32-59)74-53)78-55(54(71)72)30-38(63)43(56-35(3)61)50(77-55)44(66)39(64)31-58/h26,28,36-41,43-53,58-60,62-64,66-70H,4-25,27,29-34H2,1-3H3,(H,56,61)(H,57,65)(H,71,72)/b28-26+. The second-order valence-electron chi connectivity index (χ2n) is 21.5. The van der Waals surface area contributed by atoms with Gasteiger partial charge in [-0.1, -0.05) is 154 Å². The molecule has 0 aromatic carbocycles. The molecule has 3 aliphatic rings. The molecule has 18 atom stereocenters. The molecule has 456 valence electrons. The van der Waals surface area contributed by atoms with Crippen molar-refractivity contribution in [2.75, 3.05) is 26.4 Å². The first kappa shape index (κ1) is 69.7. The molecule has 0 bridgehead atoms. The summed E-state index contributed by atoms with van der Waals surface area (Å²) in [6, 6.07) is -2.61. The average Bonchev–Trinajstić information content (AvgIpc) is 3.45. The molecule has 0 aliphatic carbocycles. The zero-order valence-corrected chi connectivity index (χ0v) is 46.5. The van der Waals surface area contributed by atoms with E-state index in [-0.39, 0.29) is 12.3 Å². The quantitative estimate of drug-likeness (QED) is 0.0305. The molecule has 0 saturated carbocycles. The highest BCUT2D eigenvalue weighted by atomic mass is 16.8. The number of allylic oxidation sites excluding steroid dienone is 1. The second-order valence-corrected chi connectivity index (χ2v) is 21.5. The van der Waals surface area contributed by atoms with Gasteiger partial charge in [0.05, 0.1) is 50.7 Å². The molecule has 3 saturated heterocycles. The van der Waals surface area contributed by atoms with E-state index >= 15 is 0 Å². The molecule has 3 aliphatic heterocycles. The van der Waals surface area contributed by atoms with Crippen LogP contribution in [0, 0.1) is 0 Å². The molecular weight excluding hydrogens is 1020 g/mol. The molecular formula is C55H100N2O21. The first-order valence-electron chi connectivity index (χ1n) is 29.1. The smallest absolute Gasteiger partial charge is 0.364 e. The third-order valence-corrected chi connectivity index (χ3v) is 15.0. The number of carboxylic acid groups (broad SMARTS) is 1. The number of carbonyl (C=O) groups excluding carboxylic acids is 2. The fourth-order valence-electron chi connectivity index (χ4n) is 10.2. The summed E-state index contributed by atoms with van der Waals surface area (Å²) in [7, 11) is 0. The monoisotopic (exact) mass is 1120 g/mol. The topological polar surface area (TPSA) is 373 Å². The Labute approximate surface area is 461 Å². The van der Waals surface area contributed by atoms with E-state index in [1.54, 1.807) is 6.08 Å². The van der Waals surface area contributed by atoms with Crippen LogP contribution in [-0.4, -0.2) is 215 Å². The maximum atomic E-state index is 13.3. The van der Waals surface area contributed by atoms with Crippen LogP contribution in [0.4, 0.5) is 0 Å². The summed E-state index contributed by atoms with van der Waals surface area (Å²) < 4.78 is 34.6. The normalized spacial score (nSPS) is 31.2. The molecule has 2 amide bonds. The van der Waals surface area contributed by atoms with Gasteiger partial charge in [0.15, 0.2) is 12.6 Å². The van der Waals surface area contributed by atoms with Gasteiger partial charge in [0.25, 0.3) is 5.79 Å². The Morgan fingerprint density at radius 2 is 1.19 bits per heavy atom. The number of hydrogen-bond acceptors (Lipinski definition) is 20. The van der Waals surface area contributed by atoms with Crippen molar-refractivity contribution in [3.63, 3.8) is 0 Å². The SMILES string of the molecule is CCCCCCCCCCCC/C=C/C(O)C(COC1OC(CO)C(OC2OC(CO)C(O)C(OC3(C(=O)O)CC(O)C(NC(C)=O)C(C(O)C(O)CO)O3)C2O)C(O)C1O)NC(=O)CCCCCCCCCCCCCC. The van der Waals surface area contributed by atoms with Crippen LogP contribution < -0.4 is 10.6 Å². The number of carbonyl (C=O) groups is 3. The second kappa shape index (κ2) is 38.3. The van der Waals surface area contributed by atoms with Gasteiger partial charge < -0.3 is 100 Å². The van der Waals surface area contributed by atoms with Crippen LogP contribution in [-0.2, 0) is 42.8 Å². The summed E-state index contributed by atoms with van der Waals surface area (Å²) in [5.41, 5.74) is 0. The zero-order valence-electron chi connectivity index (χ0n) is 46.5. The van der Waals surface area contributed by atoms with Gasteiger partial charge in [-0.25, -0.2) is 4.79 Å². The fourth-order valence-corrected chi connectivity index (χ4v) is 10.2. The number of ether oxygens (including phenoxy) is 6. The van der Waals surface area contributed by atoms with Crippen LogP contribution in [0.5, 0.6) is 0 Å². The Morgan fingerprint density at radius 3 is 1.71 bits per heavy atom. The molecule has 18 unspecified atom stereocenters. The first-order valence-corrected chi connectivity index (χ1v) is 29.1. The van der Waals surface area contributed by atoms with Crippen LogP contribution in [0.25, 0.3) is 0 Å². The maximum absolute atomic E-state index is 13.3. The summed E-state index contributed by atoms with van der Waals surface area (Å²) in [6.07, 6.45) is 0.120. The number of aliphatic carboxylic acids is 1. The fraction of sp³-hybridized carbons (Fsp3) is 0.909. The predicted molar refractivity (Wildman–Crippen MR) is 283 cm³/mol. The van der Waals surface area contributed by atoms with Gasteiger partial charge in [0.2, 0.25) is 11.8 Å². The van der Waals surface area contributed by atoms with E-state index in [9.17, 15) is 75.7 Å². The Hall–Kier alpha value is -2.53. The van der Waals surface area contributed by atoms with Gasteiger partial charge in [0.1, 0.15) is 67.1 Å². The molecule has 23 heteroatoms. The average molecular weight is 1130 g/mol. The minimum absolute atomic E-state index is 0.203. The van der Waals surface area contributed by atoms with Gasteiger partial charge in [-0.2, -0.15) is 0 Å². The molecule has 3 fully saturated rings. The Morgan fingerprint density at radius 1 is 0.667 bits per heavy atom. The highest BCUT2D eigenvalue weighted by Gasteiger charge is 2.60. The van der Waals surface area contributed by atoms with Gasteiger partial charge in [-0.15, -0.1) is 0 Å². The van der Waals surface area contributed by atoms with Gasteiger partial charge in [0, 0.05) is 19.8 Å². The summed E-state index contributed by atoms with van der Waals surface area (Å²) in [6.45, 7) is 2.06. The lowest BCUT2D eigenvalue weighted by Crippen LogP contribution is -2.70. The van der Waals surface area contributed by atoms with E-state index in [2.05, 4.69) is 24.5 Å². The summed E-state index contributed by atoms with van der Waals surface area (Å²) >= 11 is 0. The van der Waals surface area contributed by atoms with E-state index < -0.39 is 155 Å². The molecule has 23 nitrogen and oxygen atoms in total. The van der Waals surface area contributed by atoms with E-state index in [0.717, 1.165) is 51.9 Å². The van der Waals surface area contributed by atoms with Gasteiger partial charge in [-0.05, 0) is 19.3 Å². The van der Waals surface area contributed by atoms with Crippen molar-refractivity contribution in [1.29, 1.82) is 0 Å². The minimum Gasteiger partial charge on any atom is -0.477 e. The van der Waals surface area contributed by atoms with Crippen LogP contribution in [0.3, 0.4) is 0 Å². The molecule has 78 heavy (non-hydrogen) atoms. The van der Waals surface area contributed by atoms with Crippen molar-refractivity contribution in [3.05, 3.63) is 12.2 Å². The van der Waals surface area contributed by atoms with E-state index in [0.29, 0.717) is 12.8 Å². The lowest BCUT2D eigenvalue weighted by Gasteiger charge is -2.50. The molecule has 3 rings (SSSR count). The zero-order chi connectivity index (χ0) is 57.6. The maximum Gasteiger partial charge on any atom is 0.364 e. The van der Waals surface area contributed by atoms with E-state index in [1.807, 2.05) is 6.08 Å². The van der Waals surface area contributed by atoms with Crippen LogP contribution in [0.1, 0.15) is 181 Å². The number of hydrogen-bond donors (Lipinski definition) is 14. The van der Waals surface area contributed by atoms with Crippen molar-refractivity contribution in [3.8, 4) is 0 Å². The summed E-state index contributed by atoms with van der Waals surface area (Å²) in [5, 5.41) is 135. The molecule has 0 spiro atoms. The lowest BCUT2D eigenvalue weighted by molar-refractivity contribution is -0.386. The number of nitrogens with one attached hydrogen (secondary N) is 2. The first-order chi connectivity index (χ1) is 37.4. The number of carboxylic acids is 1. The predicted octanol–water partition coefficient (Wildman–Crippen LogP) is 1.61. The molecule has 0 aromatic heterocycles. The summed E-state index contributed by atoms with van der Waals surface area (Å²) in [4.78, 5) is 38.3. The molecule has 14 N–H and O–H groups in total. The van der Waals surface area contributed by atoms with E-state index in [4.69, 9.17) is 28.4 Å². The number of aliphatic hydroxyl groups excluding tert-OH is 11. The Kier molecular flexibility index (Phi) is 34.2. The van der Waals surface area contributed by atoms with E-state index in [1.165, 1.54) is 89.9 Å². The van der Waals surface area contributed by atoms with Crippen LogP contribution in [0.2, 0.25) is 0 Å². The number of unbranched alkanes of at least 4 members (excludes halogenated alkanes) is 21. The van der Waals surface area contributed by atoms with Crippen molar-refractivity contribution in [2.24, 2.45) is 0 Å². The van der Waals surface area contributed by atoms with Gasteiger partial charge in [-0.3, -0.25) is 9.59 Å². The molecule has 3 heterocycles. The lowest BCUT2D eigenvalue weighted by atomic mass is 9.88. The minimum atomic E-state index is -3.08. The highest BCUT2D eigenvalue weighted by molar-refractivity contribution is 5.77. The Bertz CT molecular complexity index is 1670. The van der Waals surface area contributed by atoms with Crippen molar-refractivity contribution in [2.45, 2.75) is 291 Å². The third-order valence-electron chi connectivity index (χ3n) is 15.0. The van der Waals surface area contributed by atoms with Crippen molar-refractivity contribution < 1.29 is 104 Å². The largest absolute Gasteiger partial charge is 0.477 e. The number of amides is 2. The Balaban J connectivity index is 1.70.